The number of rotatable bonds is 6. The third kappa shape index (κ3) is 3.65. The number of nitro groups is 1. The summed E-state index contributed by atoms with van der Waals surface area (Å²) in [7, 11) is 0. The summed E-state index contributed by atoms with van der Waals surface area (Å²) in [6.07, 6.45) is 6.03. The molecule has 0 aliphatic heterocycles. The van der Waals surface area contributed by atoms with Gasteiger partial charge in [0.15, 0.2) is 0 Å². The molecule has 0 aliphatic rings. The van der Waals surface area contributed by atoms with E-state index in [0.29, 0.717) is 17.7 Å². The lowest BCUT2D eigenvalue weighted by Crippen LogP contribution is -2.26. The van der Waals surface area contributed by atoms with Crippen LogP contribution < -0.4 is 5.32 Å². The number of hydrogen-bond donors (Lipinski definition) is 1. The van der Waals surface area contributed by atoms with Crippen molar-refractivity contribution in [3.63, 3.8) is 0 Å². The SMILES string of the molecule is Cc1c(C(=O)NCCCn2ccnc2)cccc1[N+](=O)[O-]. The van der Waals surface area contributed by atoms with Crippen molar-refractivity contribution in [2.24, 2.45) is 0 Å². The minimum atomic E-state index is -0.481. The topological polar surface area (TPSA) is 90.1 Å². The summed E-state index contributed by atoms with van der Waals surface area (Å²) in [6.45, 7) is 2.84. The number of imidazole rings is 1. The van der Waals surface area contributed by atoms with E-state index in [2.05, 4.69) is 10.3 Å². The van der Waals surface area contributed by atoms with Crippen LogP contribution >= 0.6 is 0 Å². The van der Waals surface area contributed by atoms with Gasteiger partial charge in [-0.05, 0) is 19.4 Å². The van der Waals surface area contributed by atoms with Gasteiger partial charge in [-0.3, -0.25) is 14.9 Å². The monoisotopic (exact) mass is 288 g/mol. The van der Waals surface area contributed by atoms with Gasteiger partial charge in [0.25, 0.3) is 11.6 Å². The zero-order chi connectivity index (χ0) is 15.2. The molecule has 7 heteroatoms. The van der Waals surface area contributed by atoms with Gasteiger partial charge < -0.3 is 9.88 Å². The van der Waals surface area contributed by atoms with Crippen LogP contribution in [0, 0.1) is 17.0 Å². The van der Waals surface area contributed by atoms with Crippen molar-refractivity contribution in [1.29, 1.82) is 0 Å². The number of aryl methyl sites for hydroxylation is 1. The second-order valence-corrected chi connectivity index (χ2v) is 4.62. The highest BCUT2D eigenvalue weighted by atomic mass is 16.6. The number of carbonyl (C=O) groups excluding carboxylic acids is 1. The summed E-state index contributed by atoms with van der Waals surface area (Å²) < 4.78 is 1.92. The second kappa shape index (κ2) is 6.65. The molecule has 1 N–H and O–H groups in total. The van der Waals surface area contributed by atoms with E-state index < -0.39 is 4.92 Å². The van der Waals surface area contributed by atoms with E-state index in [1.165, 1.54) is 12.1 Å². The second-order valence-electron chi connectivity index (χ2n) is 4.62. The lowest BCUT2D eigenvalue weighted by molar-refractivity contribution is -0.385. The number of carbonyl (C=O) groups is 1. The highest BCUT2D eigenvalue weighted by Crippen LogP contribution is 2.20. The first-order valence-electron chi connectivity index (χ1n) is 6.57. The fourth-order valence-corrected chi connectivity index (χ4v) is 2.05. The van der Waals surface area contributed by atoms with Gasteiger partial charge >= 0.3 is 0 Å². The first-order valence-corrected chi connectivity index (χ1v) is 6.57. The van der Waals surface area contributed by atoms with Crippen LogP contribution in [0.5, 0.6) is 0 Å². The van der Waals surface area contributed by atoms with Crippen molar-refractivity contribution in [2.75, 3.05) is 6.54 Å². The van der Waals surface area contributed by atoms with E-state index in [1.807, 2.05) is 10.8 Å². The molecular weight excluding hydrogens is 272 g/mol. The average Bonchev–Trinajstić information content (AvgIpc) is 2.96. The van der Waals surface area contributed by atoms with Gasteiger partial charge in [0, 0.05) is 42.7 Å². The normalized spacial score (nSPS) is 10.3. The Labute approximate surface area is 121 Å². The number of nitro benzene ring substituents is 1. The van der Waals surface area contributed by atoms with Crippen molar-refractivity contribution in [2.45, 2.75) is 19.9 Å². The van der Waals surface area contributed by atoms with E-state index in [-0.39, 0.29) is 11.6 Å². The van der Waals surface area contributed by atoms with Crippen molar-refractivity contribution in [3.05, 3.63) is 58.2 Å². The fraction of sp³-hybridized carbons (Fsp3) is 0.286. The van der Waals surface area contributed by atoms with Gasteiger partial charge in [0.05, 0.1) is 11.3 Å². The van der Waals surface area contributed by atoms with Gasteiger partial charge in [-0.15, -0.1) is 0 Å². The smallest absolute Gasteiger partial charge is 0.273 e. The maximum absolute atomic E-state index is 12.0. The van der Waals surface area contributed by atoms with Gasteiger partial charge in [-0.2, -0.15) is 0 Å². The molecule has 110 valence electrons. The van der Waals surface area contributed by atoms with Crippen LogP contribution in [0.25, 0.3) is 0 Å². The minimum absolute atomic E-state index is 0.0407. The minimum Gasteiger partial charge on any atom is -0.352 e. The van der Waals surface area contributed by atoms with Gasteiger partial charge in [-0.25, -0.2) is 4.98 Å². The van der Waals surface area contributed by atoms with Gasteiger partial charge in [0.1, 0.15) is 0 Å². The summed E-state index contributed by atoms with van der Waals surface area (Å²) in [5.74, 6) is -0.290. The number of nitrogens with zero attached hydrogens (tertiary/aromatic N) is 3. The number of benzene rings is 1. The maximum Gasteiger partial charge on any atom is 0.273 e. The average molecular weight is 288 g/mol. The Bertz CT molecular complexity index is 638. The Kier molecular flexibility index (Phi) is 4.65. The predicted molar refractivity (Wildman–Crippen MR) is 77.0 cm³/mol. The molecule has 1 amide bonds. The van der Waals surface area contributed by atoms with Crippen molar-refractivity contribution in [1.82, 2.24) is 14.9 Å². The highest BCUT2D eigenvalue weighted by Gasteiger charge is 2.17. The van der Waals surface area contributed by atoms with Crippen LogP contribution in [-0.2, 0) is 6.54 Å². The Morgan fingerprint density at radius 2 is 2.29 bits per heavy atom. The van der Waals surface area contributed by atoms with Gasteiger partial charge in [-0.1, -0.05) is 6.07 Å². The molecule has 1 aromatic heterocycles. The summed E-state index contributed by atoms with van der Waals surface area (Å²) in [6, 6.07) is 4.50. The Hall–Kier alpha value is -2.70. The first kappa shape index (κ1) is 14.7. The fourth-order valence-electron chi connectivity index (χ4n) is 2.05. The molecule has 7 nitrogen and oxygen atoms in total. The molecule has 0 atom stereocenters. The summed E-state index contributed by atoms with van der Waals surface area (Å²) in [4.78, 5) is 26.4. The van der Waals surface area contributed by atoms with Crippen molar-refractivity contribution in [3.8, 4) is 0 Å². The van der Waals surface area contributed by atoms with E-state index in [1.54, 1.807) is 25.5 Å². The maximum atomic E-state index is 12.0. The quantitative estimate of drug-likeness (QED) is 0.499. The van der Waals surface area contributed by atoms with Crippen LogP contribution in [0.15, 0.2) is 36.9 Å². The Balaban J connectivity index is 1.91. The van der Waals surface area contributed by atoms with E-state index in [9.17, 15) is 14.9 Å². The van der Waals surface area contributed by atoms with Crippen LogP contribution in [0.1, 0.15) is 22.3 Å². The zero-order valence-electron chi connectivity index (χ0n) is 11.7. The lowest BCUT2D eigenvalue weighted by atomic mass is 10.1. The molecule has 0 unspecified atom stereocenters. The molecule has 0 saturated carbocycles. The number of nitrogens with one attached hydrogen (secondary N) is 1. The molecule has 1 aromatic carbocycles. The molecule has 0 fully saturated rings. The lowest BCUT2D eigenvalue weighted by Gasteiger charge is -2.08. The molecule has 0 spiro atoms. The van der Waals surface area contributed by atoms with E-state index >= 15 is 0 Å². The van der Waals surface area contributed by atoms with Crippen LogP contribution in [0.4, 0.5) is 5.69 Å². The highest BCUT2D eigenvalue weighted by molar-refractivity contribution is 5.96. The summed E-state index contributed by atoms with van der Waals surface area (Å²) in [5.41, 5.74) is 0.683. The molecule has 1 heterocycles. The van der Waals surface area contributed by atoms with E-state index in [4.69, 9.17) is 0 Å². The van der Waals surface area contributed by atoms with Crippen LogP contribution in [0.2, 0.25) is 0 Å². The predicted octanol–water partition coefficient (Wildman–Crippen LogP) is 1.92. The third-order valence-corrected chi connectivity index (χ3v) is 3.18. The molecular formula is C14H16N4O3. The summed E-state index contributed by atoms with van der Waals surface area (Å²) in [5, 5.41) is 13.6. The first-order chi connectivity index (χ1) is 10.1. The Morgan fingerprint density at radius 3 is 2.95 bits per heavy atom. The van der Waals surface area contributed by atoms with E-state index in [0.717, 1.165) is 13.0 Å². The molecule has 0 bridgehead atoms. The zero-order valence-corrected chi connectivity index (χ0v) is 11.7. The summed E-state index contributed by atoms with van der Waals surface area (Å²) >= 11 is 0. The third-order valence-electron chi connectivity index (χ3n) is 3.18. The largest absolute Gasteiger partial charge is 0.352 e. The molecule has 21 heavy (non-hydrogen) atoms. The number of amides is 1. The Morgan fingerprint density at radius 1 is 1.48 bits per heavy atom. The molecule has 2 rings (SSSR count). The standard InChI is InChI=1S/C14H16N4O3/c1-11-12(4-2-5-13(11)18(20)21)14(19)16-6-3-8-17-9-7-15-10-17/h2,4-5,7,9-10H,3,6,8H2,1H3,(H,16,19). The number of hydrogen-bond acceptors (Lipinski definition) is 4. The van der Waals surface area contributed by atoms with Crippen LogP contribution in [0.3, 0.4) is 0 Å². The molecule has 0 radical (unpaired) electrons. The number of aromatic nitrogens is 2. The van der Waals surface area contributed by atoms with Crippen molar-refractivity contribution >= 4 is 11.6 Å². The molecule has 0 saturated heterocycles. The van der Waals surface area contributed by atoms with Crippen molar-refractivity contribution < 1.29 is 9.72 Å². The molecule has 2 aromatic rings. The molecule has 0 aliphatic carbocycles. The van der Waals surface area contributed by atoms with Crippen LogP contribution in [-0.4, -0.2) is 26.9 Å². The van der Waals surface area contributed by atoms with Gasteiger partial charge in [0.2, 0.25) is 0 Å².